The van der Waals surface area contributed by atoms with Gasteiger partial charge in [-0.3, -0.25) is 19.5 Å². The van der Waals surface area contributed by atoms with Crippen LogP contribution in [0.2, 0.25) is 0 Å². The van der Waals surface area contributed by atoms with Crippen molar-refractivity contribution in [2.24, 2.45) is 0 Å². The zero-order valence-corrected chi connectivity index (χ0v) is 13.8. The minimum absolute atomic E-state index is 0.0959. The van der Waals surface area contributed by atoms with Gasteiger partial charge in [0.05, 0.1) is 6.54 Å². The zero-order chi connectivity index (χ0) is 16.4. The number of hydrogen-bond acceptors (Lipinski definition) is 5. The number of carboxylic acids is 1. The fourth-order valence-electron chi connectivity index (χ4n) is 2.65. The minimum Gasteiger partial charge on any atom is -0.480 e. The summed E-state index contributed by atoms with van der Waals surface area (Å²) in [4.78, 5) is 18.9. The lowest BCUT2D eigenvalue weighted by molar-refractivity contribution is -0.138. The number of hydrogen-bond donors (Lipinski definition) is 1. The van der Waals surface area contributed by atoms with Gasteiger partial charge in [0.15, 0.2) is 0 Å². The van der Waals surface area contributed by atoms with Crippen molar-refractivity contribution in [2.75, 3.05) is 65.4 Å². The molecule has 0 aliphatic carbocycles. The van der Waals surface area contributed by atoms with Gasteiger partial charge in [-0.1, -0.05) is 6.92 Å². The van der Waals surface area contributed by atoms with Gasteiger partial charge in [-0.15, -0.1) is 0 Å². The standard InChI is InChI=1S/C16H30N4O2/c1-4-19-9-5-7-17(2)11-12-18(3)8-6-10-20(14-13-19)15-16(21)22/h2-3H,4-15H2,1H3,(H,21,22). The van der Waals surface area contributed by atoms with E-state index < -0.39 is 5.97 Å². The summed E-state index contributed by atoms with van der Waals surface area (Å²) in [5.74, 6) is -0.771. The molecule has 0 aromatic carbocycles. The molecule has 22 heavy (non-hydrogen) atoms. The Hall–Kier alpha value is -0.690. The molecule has 1 heterocycles. The molecule has 1 rings (SSSR count). The second kappa shape index (κ2) is 10.9. The molecule has 1 saturated heterocycles. The van der Waals surface area contributed by atoms with E-state index in [4.69, 9.17) is 19.2 Å². The van der Waals surface area contributed by atoms with E-state index >= 15 is 0 Å². The molecule has 0 atom stereocenters. The van der Waals surface area contributed by atoms with Crippen molar-refractivity contribution in [3.05, 3.63) is 14.1 Å². The fourth-order valence-corrected chi connectivity index (χ4v) is 2.65. The van der Waals surface area contributed by atoms with Crippen molar-refractivity contribution >= 4 is 5.97 Å². The molecule has 0 saturated carbocycles. The lowest BCUT2D eigenvalue weighted by Gasteiger charge is -2.28. The third-order valence-electron chi connectivity index (χ3n) is 4.05. The van der Waals surface area contributed by atoms with Crippen LogP contribution in [0, 0.1) is 14.1 Å². The molecule has 1 aliphatic heterocycles. The summed E-state index contributed by atoms with van der Waals surface area (Å²) in [7, 11) is 11.9. The number of carboxylic acid groups (broad SMARTS) is 1. The van der Waals surface area contributed by atoms with Crippen LogP contribution in [0.5, 0.6) is 0 Å². The van der Waals surface area contributed by atoms with Gasteiger partial charge in [0, 0.05) is 46.8 Å². The molecule has 0 aromatic rings. The zero-order valence-electron chi connectivity index (χ0n) is 13.8. The average Bonchev–Trinajstić information content (AvgIpc) is 2.47. The molecular weight excluding hydrogens is 280 g/mol. The Bertz CT molecular complexity index is 315. The molecular formula is C16H30N4O2. The Kier molecular flexibility index (Phi) is 9.63. The van der Waals surface area contributed by atoms with Crippen molar-refractivity contribution < 1.29 is 9.90 Å². The van der Waals surface area contributed by atoms with E-state index in [1.807, 2.05) is 9.80 Å². The van der Waals surface area contributed by atoms with Crippen LogP contribution in [0.4, 0.5) is 0 Å². The van der Waals surface area contributed by atoms with Gasteiger partial charge in [0.1, 0.15) is 0 Å². The molecule has 0 amide bonds. The summed E-state index contributed by atoms with van der Waals surface area (Å²) in [5.41, 5.74) is 0. The van der Waals surface area contributed by atoms with Crippen LogP contribution in [0.1, 0.15) is 19.8 Å². The van der Waals surface area contributed by atoms with Crippen molar-refractivity contribution in [3.8, 4) is 0 Å². The largest absolute Gasteiger partial charge is 0.480 e. The quantitative estimate of drug-likeness (QED) is 0.816. The highest BCUT2D eigenvalue weighted by Crippen LogP contribution is 2.01. The molecule has 0 unspecified atom stereocenters. The van der Waals surface area contributed by atoms with Crippen LogP contribution in [0.15, 0.2) is 0 Å². The lowest BCUT2D eigenvalue weighted by Crippen LogP contribution is -2.40. The topological polar surface area (TPSA) is 50.3 Å². The summed E-state index contributed by atoms with van der Waals surface area (Å²) < 4.78 is 0. The Labute approximate surface area is 135 Å². The van der Waals surface area contributed by atoms with E-state index in [1.165, 1.54) is 0 Å². The number of carbonyl (C=O) groups is 1. The maximum Gasteiger partial charge on any atom is 0.317 e. The molecule has 126 valence electrons. The molecule has 6 nitrogen and oxygen atoms in total. The molecule has 0 spiro atoms. The first-order chi connectivity index (χ1) is 10.5. The van der Waals surface area contributed by atoms with Gasteiger partial charge in [-0.05, 0) is 39.0 Å². The number of aliphatic carboxylic acids is 1. The average molecular weight is 310 g/mol. The van der Waals surface area contributed by atoms with Crippen LogP contribution < -0.4 is 0 Å². The van der Waals surface area contributed by atoms with Crippen LogP contribution in [0.3, 0.4) is 0 Å². The molecule has 0 bridgehead atoms. The molecule has 1 aliphatic rings. The number of likely N-dealkylation sites (N-methyl/N-ethyl adjacent to an activating group) is 1. The van der Waals surface area contributed by atoms with E-state index in [9.17, 15) is 4.79 Å². The van der Waals surface area contributed by atoms with Crippen molar-refractivity contribution in [1.29, 1.82) is 0 Å². The predicted molar refractivity (Wildman–Crippen MR) is 87.2 cm³/mol. The van der Waals surface area contributed by atoms with Gasteiger partial charge in [0.25, 0.3) is 0 Å². The Morgan fingerprint density at radius 1 is 0.864 bits per heavy atom. The molecule has 4 radical (unpaired) electrons. The Morgan fingerprint density at radius 2 is 1.36 bits per heavy atom. The number of rotatable bonds is 3. The summed E-state index contributed by atoms with van der Waals surface area (Å²) in [6, 6.07) is 0. The maximum absolute atomic E-state index is 11.0. The van der Waals surface area contributed by atoms with Crippen LogP contribution in [-0.2, 0) is 4.79 Å². The third kappa shape index (κ3) is 8.68. The van der Waals surface area contributed by atoms with Gasteiger partial charge >= 0.3 is 5.97 Å². The minimum atomic E-state index is -0.771. The highest BCUT2D eigenvalue weighted by atomic mass is 16.4. The summed E-state index contributed by atoms with van der Waals surface area (Å²) in [6.07, 6.45) is 1.87. The van der Waals surface area contributed by atoms with Gasteiger partial charge in [-0.2, -0.15) is 0 Å². The molecule has 1 fully saturated rings. The van der Waals surface area contributed by atoms with E-state index in [2.05, 4.69) is 11.8 Å². The predicted octanol–water partition coefficient (Wildman–Crippen LogP) is 0.430. The van der Waals surface area contributed by atoms with E-state index in [-0.39, 0.29) is 6.54 Å². The van der Waals surface area contributed by atoms with E-state index in [0.29, 0.717) is 0 Å². The van der Waals surface area contributed by atoms with Crippen molar-refractivity contribution in [2.45, 2.75) is 19.8 Å². The van der Waals surface area contributed by atoms with Crippen LogP contribution in [-0.4, -0.2) is 96.1 Å². The normalized spacial score (nSPS) is 23.2. The lowest BCUT2D eigenvalue weighted by atomic mass is 10.3. The van der Waals surface area contributed by atoms with Crippen molar-refractivity contribution in [3.63, 3.8) is 0 Å². The second-order valence-corrected chi connectivity index (χ2v) is 5.88. The summed E-state index contributed by atoms with van der Waals surface area (Å²) in [6.45, 7) is 9.69. The first kappa shape index (κ1) is 19.4. The van der Waals surface area contributed by atoms with Crippen LogP contribution in [0.25, 0.3) is 0 Å². The summed E-state index contributed by atoms with van der Waals surface area (Å²) >= 11 is 0. The van der Waals surface area contributed by atoms with Gasteiger partial charge in [0.2, 0.25) is 0 Å². The highest BCUT2D eigenvalue weighted by molar-refractivity contribution is 5.69. The van der Waals surface area contributed by atoms with Gasteiger partial charge < -0.3 is 10.0 Å². The van der Waals surface area contributed by atoms with Crippen molar-refractivity contribution in [1.82, 2.24) is 19.6 Å². The monoisotopic (exact) mass is 310 g/mol. The first-order valence-electron chi connectivity index (χ1n) is 8.17. The molecule has 1 N–H and O–H groups in total. The molecule has 6 heteroatoms. The SMILES string of the molecule is [CH]N1CCCN(CC)CCN(CC(=O)O)CCCN([CH])CC1. The fraction of sp³-hybridized carbons (Fsp3) is 0.812. The smallest absolute Gasteiger partial charge is 0.317 e. The summed E-state index contributed by atoms with van der Waals surface area (Å²) in [5, 5.41) is 9.03. The second-order valence-electron chi connectivity index (χ2n) is 5.88. The Balaban J connectivity index is 2.55. The maximum atomic E-state index is 11.0. The highest BCUT2D eigenvalue weighted by Gasteiger charge is 2.13. The first-order valence-corrected chi connectivity index (χ1v) is 8.17. The van der Waals surface area contributed by atoms with Gasteiger partial charge in [-0.25, -0.2) is 0 Å². The molecule has 0 aromatic heterocycles. The van der Waals surface area contributed by atoms with E-state index in [1.54, 1.807) is 4.90 Å². The Morgan fingerprint density at radius 3 is 1.86 bits per heavy atom. The van der Waals surface area contributed by atoms with Crippen LogP contribution >= 0.6 is 0 Å². The third-order valence-corrected chi connectivity index (χ3v) is 4.05. The van der Waals surface area contributed by atoms with E-state index in [0.717, 1.165) is 71.7 Å². The number of nitrogens with zero attached hydrogens (tertiary/aromatic N) is 4.